The van der Waals surface area contributed by atoms with Crippen molar-refractivity contribution in [1.82, 2.24) is 14.5 Å². The van der Waals surface area contributed by atoms with Crippen molar-refractivity contribution in [3.8, 4) is 22.8 Å². The van der Waals surface area contributed by atoms with Crippen LogP contribution in [0, 0.1) is 5.82 Å². The van der Waals surface area contributed by atoms with Crippen molar-refractivity contribution in [3.05, 3.63) is 71.5 Å². The van der Waals surface area contributed by atoms with E-state index in [-0.39, 0.29) is 23.0 Å². The SMILES string of the molecule is CCCC(=O)Cc1ccc(Oc2ccnc3cc(-c4cn(C)cn4)ccc23)c(F)c1Cl. The Hall–Kier alpha value is -3.25. The molecule has 158 valence electrons. The van der Waals surface area contributed by atoms with E-state index >= 15 is 0 Å². The van der Waals surface area contributed by atoms with E-state index in [1.54, 1.807) is 24.7 Å². The summed E-state index contributed by atoms with van der Waals surface area (Å²) in [6, 6.07) is 10.5. The number of pyridine rings is 1. The second-order valence-electron chi connectivity index (χ2n) is 7.38. The van der Waals surface area contributed by atoms with E-state index in [2.05, 4.69) is 9.97 Å². The first-order valence-electron chi connectivity index (χ1n) is 9.99. The van der Waals surface area contributed by atoms with E-state index in [1.165, 1.54) is 6.07 Å². The molecule has 2 aromatic carbocycles. The molecule has 0 spiro atoms. The molecule has 0 N–H and O–H groups in total. The van der Waals surface area contributed by atoms with Gasteiger partial charge < -0.3 is 9.30 Å². The zero-order valence-corrected chi connectivity index (χ0v) is 18.0. The van der Waals surface area contributed by atoms with Crippen molar-refractivity contribution in [1.29, 1.82) is 0 Å². The van der Waals surface area contributed by atoms with Gasteiger partial charge in [0.25, 0.3) is 0 Å². The van der Waals surface area contributed by atoms with Crippen LogP contribution in [0.4, 0.5) is 4.39 Å². The first kappa shape index (κ1) is 21.0. The lowest BCUT2D eigenvalue weighted by Gasteiger charge is -2.12. The second-order valence-corrected chi connectivity index (χ2v) is 7.76. The van der Waals surface area contributed by atoms with Gasteiger partial charge in [-0.2, -0.15) is 0 Å². The van der Waals surface area contributed by atoms with E-state index in [4.69, 9.17) is 16.3 Å². The standard InChI is InChI=1S/C24H21ClFN3O2/c1-3-4-17(30)11-16-6-8-22(24(26)23(16)25)31-21-9-10-27-19-12-15(5-7-18(19)21)20-13-29(2)14-28-20/h5-10,12-14H,3-4,11H2,1-2H3. The lowest BCUT2D eigenvalue weighted by molar-refractivity contribution is -0.118. The number of ether oxygens (including phenoxy) is 1. The minimum Gasteiger partial charge on any atom is -0.453 e. The third-order valence-electron chi connectivity index (χ3n) is 4.97. The number of fused-ring (bicyclic) bond motifs is 1. The van der Waals surface area contributed by atoms with Crippen LogP contribution in [0.5, 0.6) is 11.5 Å². The molecule has 31 heavy (non-hydrogen) atoms. The number of Topliss-reactive ketones (excluding diaryl/α,β-unsaturated/α-hetero) is 1. The Morgan fingerprint density at radius 2 is 2.00 bits per heavy atom. The fourth-order valence-electron chi connectivity index (χ4n) is 3.42. The molecular weight excluding hydrogens is 417 g/mol. The molecule has 2 aromatic heterocycles. The predicted molar refractivity (Wildman–Crippen MR) is 119 cm³/mol. The minimum absolute atomic E-state index is 0.00186. The number of aryl methyl sites for hydroxylation is 1. The Balaban J connectivity index is 1.64. The van der Waals surface area contributed by atoms with Gasteiger partial charge in [0.2, 0.25) is 0 Å². The monoisotopic (exact) mass is 437 g/mol. The van der Waals surface area contributed by atoms with Gasteiger partial charge in [-0.15, -0.1) is 0 Å². The summed E-state index contributed by atoms with van der Waals surface area (Å²) in [6.07, 6.45) is 6.57. The molecule has 4 aromatic rings. The third-order valence-corrected chi connectivity index (χ3v) is 5.38. The summed E-state index contributed by atoms with van der Waals surface area (Å²) in [5.41, 5.74) is 2.93. The number of hydrogen-bond acceptors (Lipinski definition) is 4. The maximum Gasteiger partial charge on any atom is 0.184 e. The molecule has 0 amide bonds. The zero-order chi connectivity index (χ0) is 22.0. The summed E-state index contributed by atoms with van der Waals surface area (Å²) in [5.74, 6) is -0.194. The van der Waals surface area contributed by atoms with Gasteiger partial charge in [0, 0.05) is 43.2 Å². The number of carbonyl (C=O) groups excluding carboxylic acids is 1. The van der Waals surface area contributed by atoms with Crippen LogP contribution in [0.1, 0.15) is 25.3 Å². The Bertz CT molecular complexity index is 1270. The molecule has 0 saturated heterocycles. The maximum atomic E-state index is 14.9. The summed E-state index contributed by atoms with van der Waals surface area (Å²) in [5, 5.41) is 0.651. The number of aromatic nitrogens is 3. The Kier molecular flexibility index (Phi) is 6.00. The number of rotatable bonds is 7. The summed E-state index contributed by atoms with van der Waals surface area (Å²) in [6.45, 7) is 1.93. The van der Waals surface area contributed by atoms with Gasteiger partial charge in [0.1, 0.15) is 11.5 Å². The van der Waals surface area contributed by atoms with Gasteiger partial charge >= 0.3 is 0 Å². The molecule has 0 aliphatic rings. The van der Waals surface area contributed by atoms with Crippen LogP contribution in [0.25, 0.3) is 22.2 Å². The minimum atomic E-state index is -0.682. The zero-order valence-electron chi connectivity index (χ0n) is 17.2. The first-order chi connectivity index (χ1) is 15.0. The summed E-state index contributed by atoms with van der Waals surface area (Å²) < 4.78 is 22.6. The van der Waals surface area contributed by atoms with Crippen molar-refractivity contribution < 1.29 is 13.9 Å². The van der Waals surface area contributed by atoms with E-state index in [9.17, 15) is 9.18 Å². The van der Waals surface area contributed by atoms with Crippen molar-refractivity contribution in [3.63, 3.8) is 0 Å². The van der Waals surface area contributed by atoms with Crippen LogP contribution in [0.15, 0.2) is 55.1 Å². The molecule has 0 saturated carbocycles. The molecule has 0 unspecified atom stereocenters. The predicted octanol–water partition coefficient (Wildman–Crippen LogP) is 6.13. The van der Waals surface area contributed by atoms with Crippen LogP contribution in [-0.2, 0) is 18.3 Å². The molecule has 0 aliphatic carbocycles. The number of benzene rings is 2. The van der Waals surface area contributed by atoms with Crippen LogP contribution in [-0.4, -0.2) is 20.3 Å². The Morgan fingerprint density at radius 1 is 1.16 bits per heavy atom. The molecule has 0 bridgehead atoms. The van der Waals surface area contributed by atoms with Gasteiger partial charge in [0.05, 0.1) is 22.6 Å². The van der Waals surface area contributed by atoms with E-state index in [0.29, 0.717) is 23.3 Å². The van der Waals surface area contributed by atoms with Gasteiger partial charge in [-0.25, -0.2) is 9.37 Å². The van der Waals surface area contributed by atoms with Crippen molar-refractivity contribution in [2.24, 2.45) is 7.05 Å². The number of carbonyl (C=O) groups is 1. The van der Waals surface area contributed by atoms with Crippen molar-refractivity contribution in [2.75, 3.05) is 0 Å². The smallest absolute Gasteiger partial charge is 0.184 e. The molecule has 0 atom stereocenters. The fraction of sp³-hybridized carbons (Fsp3) is 0.208. The second kappa shape index (κ2) is 8.86. The molecule has 7 heteroatoms. The number of halogens is 2. The van der Waals surface area contributed by atoms with Crippen molar-refractivity contribution >= 4 is 28.3 Å². The Morgan fingerprint density at radius 3 is 2.74 bits per heavy atom. The molecule has 5 nitrogen and oxygen atoms in total. The quantitative estimate of drug-likeness (QED) is 0.349. The molecule has 2 heterocycles. The molecule has 4 rings (SSSR count). The van der Waals surface area contributed by atoms with Gasteiger partial charge in [-0.1, -0.05) is 30.7 Å². The Labute approximate surface area is 184 Å². The van der Waals surface area contributed by atoms with E-state index in [0.717, 1.165) is 23.1 Å². The number of imidazole rings is 1. The highest BCUT2D eigenvalue weighted by molar-refractivity contribution is 6.31. The topological polar surface area (TPSA) is 57.0 Å². The van der Waals surface area contributed by atoms with Crippen LogP contribution in [0.2, 0.25) is 5.02 Å². The highest BCUT2D eigenvalue weighted by atomic mass is 35.5. The van der Waals surface area contributed by atoms with Crippen LogP contribution in [0.3, 0.4) is 0 Å². The lowest BCUT2D eigenvalue weighted by atomic mass is 10.1. The first-order valence-corrected chi connectivity index (χ1v) is 10.4. The highest BCUT2D eigenvalue weighted by Gasteiger charge is 2.17. The normalized spacial score (nSPS) is 11.1. The van der Waals surface area contributed by atoms with Crippen LogP contribution < -0.4 is 4.74 Å². The number of nitrogens with zero attached hydrogens (tertiary/aromatic N) is 3. The third kappa shape index (κ3) is 4.44. The van der Waals surface area contributed by atoms with E-state index in [1.807, 2.05) is 42.9 Å². The van der Waals surface area contributed by atoms with Gasteiger partial charge in [-0.05, 0) is 36.2 Å². The highest BCUT2D eigenvalue weighted by Crippen LogP contribution is 2.35. The number of ketones is 1. The van der Waals surface area contributed by atoms with Gasteiger partial charge in [-0.3, -0.25) is 9.78 Å². The molecule has 0 radical (unpaired) electrons. The summed E-state index contributed by atoms with van der Waals surface area (Å²) >= 11 is 6.19. The lowest BCUT2D eigenvalue weighted by Crippen LogP contribution is -2.03. The molecule has 0 fully saturated rings. The largest absolute Gasteiger partial charge is 0.453 e. The summed E-state index contributed by atoms with van der Waals surface area (Å²) in [4.78, 5) is 20.7. The van der Waals surface area contributed by atoms with E-state index < -0.39 is 5.82 Å². The average Bonchev–Trinajstić information content (AvgIpc) is 3.20. The fourth-order valence-corrected chi connectivity index (χ4v) is 3.64. The summed E-state index contributed by atoms with van der Waals surface area (Å²) in [7, 11) is 1.91. The van der Waals surface area contributed by atoms with Crippen LogP contribution >= 0.6 is 11.6 Å². The maximum absolute atomic E-state index is 14.9. The number of hydrogen-bond donors (Lipinski definition) is 0. The van der Waals surface area contributed by atoms with Crippen molar-refractivity contribution in [2.45, 2.75) is 26.2 Å². The van der Waals surface area contributed by atoms with Gasteiger partial charge in [0.15, 0.2) is 11.6 Å². The average molecular weight is 438 g/mol. The molecule has 0 aliphatic heterocycles. The molecular formula is C24H21ClFN3O2.